The number of nitrogens with two attached hydrogens (primary N) is 1. The number of likely N-dealkylation sites (N-methyl/N-ethyl adjacent to an activating group) is 1. The number of rotatable bonds is 6. The molecule has 4 heteroatoms. The Morgan fingerprint density at radius 2 is 2.29 bits per heavy atom. The number of aromatic nitrogens is 1. The van der Waals surface area contributed by atoms with Crippen LogP contribution in [0.1, 0.15) is 25.5 Å². The van der Waals surface area contributed by atoms with E-state index in [1.165, 1.54) is 0 Å². The van der Waals surface area contributed by atoms with Crippen LogP contribution in [0.25, 0.3) is 0 Å². The van der Waals surface area contributed by atoms with Gasteiger partial charge in [-0.2, -0.15) is 0 Å². The first kappa shape index (κ1) is 13.6. The molecule has 0 saturated heterocycles. The zero-order valence-corrected chi connectivity index (χ0v) is 10.6. The second-order valence-corrected chi connectivity index (χ2v) is 4.40. The molecule has 0 aliphatic carbocycles. The number of hydrogen-bond donors (Lipinski definition) is 1. The zero-order chi connectivity index (χ0) is 12.7. The van der Waals surface area contributed by atoms with E-state index in [2.05, 4.69) is 4.98 Å². The van der Waals surface area contributed by atoms with Gasteiger partial charge in [-0.15, -0.1) is 0 Å². The molecule has 1 amide bonds. The summed E-state index contributed by atoms with van der Waals surface area (Å²) in [5, 5.41) is 0. The van der Waals surface area contributed by atoms with Gasteiger partial charge in [0.25, 0.3) is 0 Å². The predicted octanol–water partition coefficient (Wildman–Crippen LogP) is 1.21. The Balaban J connectivity index is 2.29. The average Bonchev–Trinajstić information content (AvgIpc) is 2.34. The molecule has 1 heterocycles. The van der Waals surface area contributed by atoms with Crippen LogP contribution in [-0.4, -0.2) is 35.4 Å². The van der Waals surface area contributed by atoms with Crippen LogP contribution in [0.5, 0.6) is 0 Å². The molecule has 4 nitrogen and oxygen atoms in total. The molecule has 1 atom stereocenters. The lowest BCUT2D eigenvalue weighted by Crippen LogP contribution is -2.30. The van der Waals surface area contributed by atoms with Gasteiger partial charge in [0.2, 0.25) is 5.91 Å². The highest BCUT2D eigenvalue weighted by Crippen LogP contribution is 2.01. The summed E-state index contributed by atoms with van der Waals surface area (Å²) in [6, 6.07) is 5.91. The van der Waals surface area contributed by atoms with Crippen molar-refractivity contribution in [3.8, 4) is 0 Å². The lowest BCUT2D eigenvalue weighted by molar-refractivity contribution is -0.130. The van der Waals surface area contributed by atoms with Gasteiger partial charge < -0.3 is 10.6 Å². The summed E-state index contributed by atoms with van der Waals surface area (Å²) in [5.41, 5.74) is 6.64. The van der Waals surface area contributed by atoms with Gasteiger partial charge >= 0.3 is 0 Å². The van der Waals surface area contributed by atoms with Crippen LogP contribution in [0.15, 0.2) is 24.4 Å². The molecule has 0 aromatic carbocycles. The van der Waals surface area contributed by atoms with Gasteiger partial charge in [-0.1, -0.05) is 6.07 Å². The molecule has 1 aromatic heterocycles. The summed E-state index contributed by atoms with van der Waals surface area (Å²) in [7, 11) is 1.83. The van der Waals surface area contributed by atoms with Crippen molar-refractivity contribution in [3.05, 3.63) is 30.1 Å². The average molecular weight is 235 g/mol. The number of carbonyl (C=O) groups excluding carboxylic acids is 1. The van der Waals surface area contributed by atoms with Crippen LogP contribution >= 0.6 is 0 Å². The van der Waals surface area contributed by atoms with E-state index in [1.807, 2.05) is 32.2 Å². The summed E-state index contributed by atoms with van der Waals surface area (Å²) in [5.74, 6) is 0.151. The number of nitrogens with zero attached hydrogens (tertiary/aromatic N) is 2. The third kappa shape index (κ3) is 5.45. The van der Waals surface area contributed by atoms with E-state index in [-0.39, 0.29) is 11.9 Å². The van der Waals surface area contributed by atoms with E-state index in [0.29, 0.717) is 13.0 Å². The highest BCUT2D eigenvalue weighted by Gasteiger charge is 2.09. The third-order valence-electron chi connectivity index (χ3n) is 2.67. The molecule has 0 bridgehead atoms. The van der Waals surface area contributed by atoms with Crippen molar-refractivity contribution in [2.75, 3.05) is 13.6 Å². The van der Waals surface area contributed by atoms with E-state index >= 15 is 0 Å². The first-order valence-electron chi connectivity index (χ1n) is 5.99. The lowest BCUT2D eigenvalue weighted by Gasteiger charge is -2.17. The highest BCUT2D eigenvalue weighted by atomic mass is 16.2. The van der Waals surface area contributed by atoms with Crippen LogP contribution in [0, 0.1) is 0 Å². The Bertz CT molecular complexity index is 338. The summed E-state index contributed by atoms with van der Waals surface area (Å²) in [6.45, 7) is 2.62. The Morgan fingerprint density at radius 1 is 1.53 bits per heavy atom. The van der Waals surface area contributed by atoms with Crippen molar-refractivity contribution in [1.82, 2.24) is 9.88 Å². The van der Waals surface area contributed by atoms with Gasteiger partial charge in [-0.25, -0.2) is 0 Å². The molecule has 1 unspecified atom stereocenters. The summed E-state index contributed by atoms with van der Waals surface area (Å²) < 4.78 is 0. The van der Waals surface area contributed by atoms with Gasteiger partial charge in [-0.05, 0) is 25.5 Å². The molecule has 0 aliphatic heterocycles. The van der Waals surface area contributed by atoms with Gasteiger partial charge in [0.05, 0.1) is 0 Å². The van der Waals surface area contributed by atoms with Crippen LogP contribution < -0.4 is 5.73 Å². The molecule has 94 valence electrons. The molecule has 0 fully saturated rings. The normalized spacial score (nSPS) is 12.2. The molecular weight excluding hydrogens is 214 g/mol. The van der Waals surface area contributed by atoms with Gasteiger partial charge in [0, 0.05) is 44.4 Å². The number of hydrogen-bond acceptors (Lipinski definition) is 3. The molecule has 1 rings (SSSR count). The molecule has 17 heavy (non-hydrogen) atoms. The fourth-order valence-corrected chi connectivity index (χ4v) is 1.49. The Kier molecular flexibility index (Phi) is 5.63. The molecule has 0 spiro atoms. The van der Waals surface area contributed by atoms with Crippen molar-refractivity contribution < 1.29 is 4.79 Å². The van der Waals surface area contributed by atoms with Crippen molar-refractivity contribution in [2.24, 2.45) is 5.73 Å². The quantitative estimate of drug-likeness (QED) is 0.806. The van der Waals surface area contributed by atoms with Crippen molar-refractivity contribution in [3.63, 3.8) is 0 Å². The fourth-order valence-electron chi connectivity index (χ4n) is 1.49. The zero-order valence-electron chi connectivity index (χ0n) is 10.6. The molecule has 0 saturated carbocycles. The first-order chi connectivity index (χ1) is 8.09. The smallest absolute Gasteiger partial charge is 0.222 e. The third-order valence-corrected chi connectivity index (χ3v) is 2.67. The van der Waals surface area contributed by atoms with E-state index < -0.39 is 0 Å². The predicted molar refractivity (Wildman–Crippen MR) is 68.5 cm³/mol. The number of pyridine rings is 1. The van der Waals surface area contributed by atoms with Gasteiger partial charge in [0.1, 0.15) is 0 Å². The topological polar surface area (TPSA) is 59.2 Å². The molecule has 0 aliphatic rings. The molecule has 1 aromatic rings. The van der Waals surface area contributed by atoms with Crippen LogP contribution in [0.4, 0.5) is 0 Å². The SMILES string of the molecule is CC(N)CCC(=O)N(C)CCc1ccccn1. The van der Waals surface area contributed by atoms with Crippen LogP contribution in [0.2, 0.25) is 0 Å². The largest absolute Gasteiger partial charge is 0.345 e. The fraction of sp³-hybridized carbons (Fsp3) is 0.538. The van der Waals surface area contributed by atoms with E-state index in [9.17, 15) is 4.79 Å². The van der Waals surface area contributed by atoms with Crippen molar-refractivity contribution in [1.29, 1.82) is 0 Å². The molecule has 0 radical (unpaired) electrons. The second kappa shape index (κ2) is 7.01. The van der Waals surface area contributed by atoms with Crippen molar-refractivity contribution >= 4 is 5.91 Å². The maximum Gasteiger partial charge on any atom is 0.222 e. The summed E-state index contributed by atoms with van der Waals surface area (Å²) in [6.07, 6.45) is 3.83. The number of amides is 1. The van der Waals surface area contributed by atoms with Gasteiger partial charge in [-0.3, -0.25) is 9.78 Å². The van der Waals surface area contributed by atoms with Crippen LogP contribution in [-0.2, 0) is 11.2 Å². The van der Waals surface area contributed by atoms with E-state index in [0.717, 1.165) is 18.5 Å². The Labute approximate surface area is 103 Å². The van der Waals surface area contributed by atoms with E-state index in [4.69, 9.17) is 5.73 Å². The van der Waals surface area contributed by atoms with Crippen molar-refractivity contribution in [2.45, 2.75) is 32.2 Å². The van der Waals surface area contributed by atoms with Crippen LogP contribution in [0.3, 0.4) is 0 Å². The summed E-state index contributed by atoms with van der Waals surface area (Å²) >= 11 is 0. The highest BCUT2D eigenvalue weighted by molar-refractivity contribution is 5.75. The minimum absolute atomic E-state index is 0.0862. The molecule has 2 N–H and O–H groups in total. The Hall–Kier alpha value is -1.42. The summed E-state index contributed by atoms with van der Waals surface area (Å²) in [4.78, 5) is 17.7. The van der Waals surface area contributed by atoms with Gasteiger partial charge in [0.15, 0.2) is 0 Å². The minimum Gasteiger partial charge on any atom is -0.345 e. The van der Waals surface area contributed by atoms with E-state index in [1.54, 1.807) is 11.1 Å². The minimum atomic E-state index is 0.0862. The molecular formula is C13H21N3O. The standard InChI is InChI=1S/C13H21N3O/c1-11(14)6-7-13(17)16(2)10-8-12-5-3-4-9-15-12/h3-5,9,11H,6-8,10,14H2,1-2H3. The second-order valence-electron chi connectivity index (χ2n) is 4.40. The Morgan fingerprint density at radius 3 is 2.88 bits per heavy atom. The first-order valence-corrected chi connectivity index (χ1v) is 5.99. The maximum atomic E-state index is 11.7. The monoisotopic (exact) mass is 235 g/mol. The number of carbonyl (C=O) groups is 1. The maximum absolute atomic E-state index is 11.7. The lowest BCUT2D eigenvalue weighted by atomic mass is 10.2.